The Balaban J connectivity index is 1.71. The molecule has 5 nitrogen and oxygen atoms in total. The molecule has 30 heavy (non-hydrogen) atoms. The van der Waals surface area contributed by atoms with Crippen molar-refractivity contribution in [3.63, 3.8) is 0 Å². The molecular weight excluding hydrogens is 436 g/mol. The molecule has 3 aromatic heterocycles. The summed E-state index contributed by atoms with van der Waals surface area (Å²) in [4.78, 5) is 26.8. The van der Waals surface area contributed by atoms with Crippen molar-refractivity contribution >= 4 is 55.9 Å². The number of carbonyl (C=O) groups is 2. The van der Waals surface area contributed by atoms with Gasteiger partial charge in [0.2, 0.25) is 0 Å². The number of hydrogen-bond acceptors (Lipinski definition) is 7. The molecule has 3 heterocycles. The van der Waals surface area contributed by atoms with E-state index >= 15 is 0 Å². The second-order valence-corrected chi connectivity index (χ2v) is 9.00. The lowest BCUT2D eigenvalue weighted by Gasteiger charge is -2.09. The van der Waals surface area contributed by atoms with Crippen LogP contribution in [0.15, 0.2) is 58.6 Å². The highest BCUT2D eigenvalue weighted by molar-refractivity contribution is 7.17. The van der Waals surface area contributed by atoms with Crippen molar-refractivity contribution in [1.82, 2.24) is 0 Å². The van der Waals surface area contributed by atoms with E-state index in [-0.39, 0.29) is 12.5 Å². The lowest BCUT2D eigenvalue weighted by molar-refractivity contribution is 0.0529. The number of nitrogen functional groups attached to an aromatic ring is 1. The fraction of sp³-hybridized carbons (Fsp3) is 0.0909. The van der Waals surface area contributed by atoms with Crippen LogP contribution in [0.2, 0.25) is 0 Å². The van der Waals surface area contributed by atoms with Crippen LogP contribution in [0.5, 0.6) is 0 Å². The molecule has 1 amide bonds. The minimum absolute atomic E-state index is 0.252. The molecule has 152 valence electrons. The second kappa shape index (κ2) is 8.83. The lowest BCUT2D eigenvalue weighted by atomic mass is 10.0. The standard InChI is InChI=1S/C22H18N2O3S3/c1-2-27-22(26)18-15(16-9-6-10-28-16)12-30-21(18)24-20(25)17-14(11-29-19(17)23)13-7-4-3-5-8-13/h3-12H,2,23H2,1H3,(H,24,25). The Morgan fingerprint density at radius 2 is 1.73 bits per heavy atom. The number of rotatable bonds is 6. The van der Waals surface area contributed by atoms with Gasteiger partial charge >= 0.3 is 5.97 Å². The van der Waals surface area contributed by atoms with E-state index in [4.69, 9.17) is 10.5 Å². The summed E-state index contributed by atoms with van der Waals surface area (Å²) < 4.78 is 5.25. The molecule has 0 aliphatic carbocycles. The van der Waals surface area contributed by atoms with Crippen LogP contribution in [0, 0.1) is 0 Å². The van der Waals surface area contributed by atoms with Crippen LogP contribution >= 0.6 is 34.0 Å². The van der Waals surface area contributed by atoms with E-state index in [0.717, 1.165) is 21.6 Å². The van der Waals surface area contributed by atoms with Crippen LogP contribution in [0.1, 0.15) is 27.6 Å². The first kappa shape index (κ1) is 20.3. The first-order chi connectivity index (χ1) is 14.6. The van der Waals surface area contributed by atoms with Crippen LogP contribution in [0.25, 0.3) is 21.6 Å². The molecule has 0 aliphatic rings. The van der Waals surface area contributed by atoms with Gasteiger partial charge in [-0.2, -0.15) is 0 Å². The Bertz CT molecular complexity index is 1180. The number of thiophene rings is 3. The molecule has 4 aromatic rings. The summed E-state index contributed by atoms with van der Waals surface area (Å²) in [7, 11) is 0. The van der Waals surface area contributed by atoms with Gasteiger partial charge in [-0.05, 0) is 23.9 Å². The van der Waals surface area contributed by atoms with E-state index in [1.807, 2.05) is 58.6 Å². The Kier molecular flexibility index (Phi) is 5.98. The smallest absolute Gasteiger partial charge is 0.341 e. The summed E-state index contributed by atoms with van der Waals surface area (Å²) in [6, 6.07) is 13.5. The molecule has 0 radical (unpaired) electrons. The third-order valence-corrected chi connectivity index (χ3v) is 7.03. The number of nitrogens with two attached hydrogens (primary N) is 1. The number of nitrogens with one attached hydrogen (secondary N) is 1. The largest absolute Gasteiger partial charge is 0.462 e. The summed E-state index contributed by atoms with van der Waals surface area (Å²) >= 11 is 4.14. The molecule has 0 aliphatic heterocycles. The number of esters is 1. The zero-order valence-corrected chi connectivity index (χ0v) is 18.5. The second-order valence-electron chi connectivity index (χ2n) is 6.26. The van der Waals surface area contributed by atoms with Gasteiger partial charge in [0, 0.05) is 26.8 Å². The van der Waals surface area contributed by atoms with Gasteiger partial charge in [-0.25, -0.2) is 4.79 Å². The van der Waals surface area contributed by atoms with Crippen molar-refractivity contribution in [2.45, 2.75) is 6.92 Å². The molecule has 0 saturated heterocycles. The van der Waals surface area contributed by atoms with Crippen molar-refractivity contribution in [1.29, 1.82) is 0 Å². The van der Waals surface area contributed by atoms with Gasteiger partial charge in [0.15, 0.2) is 0 Å². The highest BCUT2D eigenvalue weighted by atomic mass is 32.1. The zero-order valence-electron chi connectivity index (χ0n) is 16.0. The minimum atomic E-state index is -0.459. The molecule has 0 saturated carbocycles. The third kappa shape index (κ3) is 3.89. The molecule has 8 heteroatoms. The zero-order chi connectivity index (χ0) is 21.1. The predicted molar refractivity (Wildman–Crippen MR) is 126 cm³/mol. The molecule has 0 bridgehead atoms. The number of hydrogen-bond donors (Lipinski definition) is 2. The maximum atomic E-state index is 13.2. The summed E-state index contributed by atoms with van der Waals surface area (Å²) in [5.74, 6) is -0.809. The average molecular weight is 455 g/mol. The molecule has 0 fully saturated rings. The number of carbonyl (C=O) groups excluding carboxylic acids is 2. The third-order valence-electron chi connectivity index (χ3n) is 4.42. The predicted octanol–water partition coefficient (Wildman–Crippen LogP) is 6.22. The Morgan fingerprint density at radius 3 is 2.43 bits per heavy atom. The molecule has 1 aromatic carbocycles. The Hall–Kier alpha value is -2.94. The monoisotopic (exact) mass is 454 g/mol. The highest BCUT2D eigenvalue weighted by Gasteiger charge is 2.25. The van der Waals surface area contributed by atoms with Crippen molar-refractivity contribution in [2.75, 3.05) is 17.7 Å². The quantitative estimate of drug-likeness (QED) is 0.339. The van der Waals surface area contributed by atoms with Crippen LogP contribution in [-0.2, 0) is 4.74 Å². The molecule has 0 unspecified atom stereocenters. The number of ether oxygens (including phenoxy) is 1. The van der Waals surface area contributed by atoms with Gasteiger partial charge in [0.1, 0.15) is 10.6 Å². The van der Waals surface area contributed by atoms with E-state index in [9.17, 15) is 9.59 Å². The van der Waals surface area contributed by atoms with E-state index in [1.165, 1.54) is 34.0 Å². The highest BCUT2D eigenvalue weighted by Crippen LogP contribution is 2.40. The lowest BCUT2D eigenvalue weighted by Crippen LogP contribution is -2.16. The van der Waals surface area contributed by atoms with E-state index < -0.39 is 5.97 Å². The van der Waals surface area contributed by atoms with E-state index in [0.29, 0.717) is 21.1 Å². The molecule has 4 rings (SSSR count). The van der Waals surface area contributed by atoms with Crippen LogP contribution in [0.4, 0.5) is 10.0 Å². The molecule has 3 N–H and O–H groups in total. The van der Waals surface area contributed by atoms with Gasteiger partial charge in [-0.3, -0.25) is 4.79 Å². The summed E-state index contributed by atoms with van der Waals surface area (Å²) in [5, 5.41) is 9.45. The Labute approximate surface area is 185 Å². The number of amides is 1. The van der Waals surface area contributed by atoms with Crippen molar-refractivity contribution in [3.05, 3.63) is 69.7 Å². The normalized spacial score (nSPS) is 10.7. The average Bonchev–Trinajstić information content (AvgIpc) is 3.48. The fourth-order valence-electron chi connectivity index (χ4n) is 3.07. The van der Waals surface area contributed by atoms with E-state index in [2.05, 4.69) is 5.32 Å². The maximum Gasteiger partial charge on any atom is 0.341 e. The van der Waals surface area contributed by atoms with Gasteiger partial charge in [-0.1, -0.05) is 36.4 Å². The minimum Gasteiger partial charge on any atom is -0.462 e. The summed E-state index contributed by atoms with van der Waals surface area (Å²) in [5.41, 5.74) is 9.34. The SMILES string of the molecule is CCOC(=O)c1c(-c2cccs2)csc1NC(=O)c1c(-c2ccccc2)csc1N. The van der Waals surface area contributed by atoms with E-state index in [1.54, 1.807) is 6.92 Å². The van der Waals surface area contributed by atoms with Crippen molar-refractivity contribution in [2.24, 2.45) is 0 Å². The molecule has 0 atom stereocenters. The maximum absolute atomic E-state index is 13.2. The van der Waals surface area contributed by atoms with Crippen molar-refractivity contribution < 1.29 is 14.3 Å². The number of anilines is 2. The van der Waals surface area contributed by atoms with Crippen LogP contribution < -0.4 is 11.1 Å². The summed E-state index contributed by atoms with van der Waals surface area (Å²) in [6.07, 6.45) is 0. The Morgan fingerprint density at radius 1 is 0.967 bits per heavy atom. The van der Waals surface area contributed by atoms with Gasteiger partial charge < -0.3 is 15.8 Å². The fourth-order valence-corrected chi connectivity index (χ4v) is 5.66. The first-order valence-corrected chi connectivity index (χ1v) is 11.8. The summed E-state index contributed by atoms with van der Waals surface area (Å²) in [6.45, 7) is 2.01. The van der Waals surface area contributed by atoms with Gasteiger partial charge in [-0.15, -0.1) is 34.0 Å². The topological polar surface area (TPSA) is 81.4 Å². The first-order valence-electron chi connectivity index (χ1n) is 9.16. The number of benzene rings is 1. The molecule has 0 spiro atoms. The van der Waals surface area contributed by atoms with Crippen LogP contribution in [-0.4, -0.2) is 18.5 Å². The van der Waals surface area contributed by atoms with Gasteiger partial charge in [0.25, 0.3) is 5.91 Å². The molecular formula is C22H18N2O3S3. The van der Waals surface area contributed by atoms with Crippen LogP contribution in [0.3, 0.4) is 0 Å². The van der Waals surface area contributed by atoms with Gasteiger partial charge in [0.05, 0.1) is 17.2 Å². The van der Waals surface area contributed by atoms with Crippen molar-refractivity contribution in [3.8, 4) is 21.6 Å².